The predicted molar refractivity (Wildman–Crippen MR) is 82.8 cm³/mol. The average molecular weight is 326 g/mol. The van der Waals surface area contributed by atoms with E-state index in [4.69, 9.17) is 9.84 Å². The van der Waals surface area contributed by atoms with Crippen LogP contribution in [0.25, 0.3) is 0 Å². The van der Waals surface area contributed by atoms with Crippen molar-refractivity contribution >= 4 is 17.8 Å². The van der Waals surface area contributed by atoms with Crippen molar-refractivity contribution in [1.82, 2.24) is 10.2 Å². The van der Waals surface area contributed by atoms with Crippen LogP contribution in [0.1, 0.15) is 45.4 Å². The third kappa shape index (κ3) is 4.67. The second-order valence-corrected chi connectivity index (χ2v) is 6.27. The van der Waals surface area contributed by atoms with Crippen LogP contribution >= 0.6 is 0 Å². The van der Waals surface area contributed by atoms with E-state index < -0.39 is 18.2 Å². The summed E-state index contributed by atoms with van der Waals surface area (Å²) >= 11 is 0. The number of carboxylic acid groups (broad SMARTS) is 1. The van der Waals surface area contributed by atoms with Gasteiger partial charge in [-0.3, -0.25) is 9.59 Å². The van der Waals surface area contributed by atoms with Crippen LogP contribution in [0.4, 0.5) is 0 Å². The summed E-state index contributed by atoms with van der Waals surface area (Å²) in [6.45, 7) is 3.85. The van der Waals surface area contributed by atoms with Gasteiger partial charge in [0, 0.05) is 25.6 Å². The second-order valence-electron chi connectivity index (χ2n) is 6.27. The van der Waals surface area contributed by atoms with E-state index in [1.54, 1.807) is 4.90 Å². The first-order valence-corrected chi connectivity index (χ1v) is 8.47. The van der Waals surface area contributed by atoms with E-state index in [1.165, 1.54) is 0 Å². The number of carboxylic acids is 1. The molecule has 23 heavy (non-hydrogen) atoms. The molecule has 0 aromatic rings. The Kier molecular flexibility index (Phi) is 6.38. The predicted octanol–water partition coefficient (Wildman–Crippen LogP) is 0.774. The van der Waals surface area contributed by atoms with Gasteiger partial charge in [-0.25, -0.2) is 4.79 Å². The highest BCUT2D eigenvalue weighted by molar-refractivity contribution is 5.83. The van der Waals surface area contributed by atoms with Gasteiger partial charge in [0.25, 0.3) is 5.91 Å². The number of carbonyl (C=O) groups excluding carboxylic acids is 2. The SMILES string of the molecule is CCCCNC(=O)C1CCN(C(=O)[C@@H]2CC[C@H](C(=O)O)O2)CC1. The summed E-state index contributed by atoms with van der Waals surface area (Å²) in [6.07, 6.45) is 2.64. The van der Waals surface area contributed by atoms with E-state index in [-0.39, 0.29) is 17.7 Å². The fraction of sp³-hybridized carbons (Fsp3) is 0.812. The van der Waals surface area contributed by atoms with Crippen LogP contribution in [0.2, 0.25) is 0 Å². The van der Waals surface area contributed by atoms with Crippen molar-refractivity contribution in [2.24, 2.45) is 5.92 Å². The molecule has 2 aliphatic rings. The summed E-state index contributed by atoms with van der Waals surface area (Å²) in [6, 6.07) is 0. The van der Waals surface area contributed by atoms with Crippen molar-refractivity contribution in [3.05, 3.63) is 0 Å². The van der Waals surface area contributed by atoms with Crippen molar-refractivity contribution < 1.29 is 24.2 Å². The fourth-order valence-electron chi connectivity index (χ4n) is 3.10. The molecule has 0 unspecified atom stereocenters. The van der Waals surface area contributed by atoms with Crippen molar-refractivity contribution in [2.75, 3.05) is 19.6 Å². The molecule has 0 aromatic carbocycles. The summed E-state index contributed by atoms with van der Waals surface area (Å²) in [5, 5.41) is 11.9. The minimum atomic E-state index is -1.01. The maximum atomic E-state index is 12.4. The zero-order valence-electron chi connectivity index (χ0n) is 13.6. The van der Waals surface area contributed by atoms with Gasteiger partial charge in [-0.1, -0.05) is 13.3 Å². The van der Waals surface area contributed by atoms with E-state index in [9.17, 15) is 14.4 Å². The Labute approximate surface area is 136 Å². The second kappa shape index (κ2) is 8.29. The van der Waals surface area contributed by atoms with Crippen LogP contribution in [0, 0.1) is 5.92 Å². The molecule has 2 aliphatic heterocycles. The highest BCUT2D eigenvalue weighted by atomic mass is 16.5. The normalized spacial score (nSPS) is 25.3. The molecule has 0 spiro atoms. The van der Waals surface area contributed by atoms with Gasteiger partial charge in [-0.15, -0.1) is 0 Å². The summed E-state index contributed by atoms with van der Waals surface area (Å²) in [5.74, 6) is -1.11. The molecule has 2 heterocycles. The van der Waals surface area contributed by atoms with Gasteiger partial charge in [0.15, 0.2) is 6.10 Å². The minimum Gasteiger partial charge on any atom is -0.479 e. The average Bonchev–Trinajstić information content (AvgIpc) is 3.05. The molecule has 7 nitrogen and oxygen atoms in total. The van der Waals surface area contributed by atoms with Gasteiger partial charge in [-0.2, -0.15) is 0 Å². The monoisotopic (exact) mass is 326 g/mol. The van der Waals surface area contributed by atoms with Crippen LogP contribution in [-0.2, 0) is 19.1 Å². The molecule has 0 aromatic heterocycles. The smallest absolute Gasteiger partial charge is 0.332 e. The number of likely N-dealkylation sites (tertiary alicyclic amines) is 1. The molecule has 0 saturated carbocycles. The number of piperidine rings is 1. The third-order valence-corrected chi connectivity index (χ3v) is 4.58. The van der Waals surface area contributed by atoms with Gasteiger partial charge in [0.05, 0.1) is 0 Å². The molecule has 7 heteroatoms. The van der Waals surface area contributed by atoms with Crippen molar-refractivity contribution in [2.45, 2.75) is 57.7 Å². The standard InChI is InChI=1S/C16H26N2O5/c1-2-3-8-17-14(19)11-6-9-18(10-7-11)15(20)12-4-5-13(23-12)16(21)22/h11-13H,2-10H2,1H3,(H,17,19)(H,21,22)/t12-,13+/m0/s1. The molecule has 2 rings (SSSR count). The number of ether oxygens (including phenoxy) is 1. The highest BCUT2D eigenvalue weighted by Crippen LogP contribution is 2.24. The lowest BCUT2D eigenvalue weighted by molar-refractivity contribution is -0.155. The first kappa shape index (κ1) is 17.7. The van der Waals surface area contributed by atoms with Crippen LogP contribution < -0.4 is 5.32 Å². The van der Waals surface area contributed by atoms with E-state index >= 15 is 0 Å². The number of carbonyl (C=O) groups is 3. The molecular weight excluding hydrogens is 300 g/mol. The molecule has 130 valence electrons. The fourth-order valence-corrected chi connectivity index (χ4v) is 3.10. The lowest BCUT2D eigenvalue weighted by Gasteiger charge is -2.32. The Morgan fingerprint density at radius 2 is 1.78 bits per heavy atom. The lowest BCUT2D eigenvalue weighted by atomic mass is 9.95. The molecule has 0 aliphatic carbocycles. The first-order valence-electron chi connectivity index (χ1n) is 8.47. The van der Waals surface area contributed by atoms with Crippen molar-refractivity contribution in [3.8, 4) is 0 Å². The Bertz CT molecular complexity index is 446. The molecule has 2 N–H and O–H groups in total. The minimum absolute atomic E-state index is 0.0350. The van der Waals surface area contributed by atoms with E-state index in [1.807, 2.05) is 0 Å². The summed E-state index contributed by atoms with van der Waals surface area (Å²) in [4.78, 5) is 37.0. The molecule has 2 atom stereocenters. The van der Waals surface area contributed by atoms with Crippen LogP contribution in [0.5, 0.6) is 0 Å². The largest absolute Gasteiger partial charge is 0.479 e. The summed E-state index contributed by atoms with van der Waals surface area (Å²) in [7, 11) is 0. The lowest BCUT2D eigenvalue weighted by Crippen LogP contribution is -2.46. The van der Waals surface area contributed by atoms with Gasteiger partial charge in [0.2, 0.25) is 5.91 Å². The maximum absolute atomic E-state index is 12.4. The molecule has 0 radical (unpaired) electrons. The van der Waals surface area contributed by atoms with Crippen molar-refractivity contribution in [1.29, 1.82) is 0 Å². The Hall–Kier alpha value is -1.63. The zero-order chi connectivity index (χ0) is 16.8. The van der Waals surface area contributed by atoms with Gasteiger partial charge < -0.3 is 20.1 Å². The number of aliphatic carboxylic acids is 1. The van der Waals surface area contributed by atoms with Crippen LogP contribution in [0.3, 0.4) is 0 Å². The summed E-state index contributed by atoms with van der Waals surface area (Å²) < 4.78 is 5.31. The first-order chi connectivity index (χ1) is 11.0. The zero-order valence-corrected chi connectivity index (χ0v) is 13.6. The number of hydrogen-bond acceptors (Lipinski definition) is 4. The van der Waals surface area contributed by atoms with Gasteiger partial charge in [-0.05, 0) is 32.1 Å². The van der Waals surface area contributed by atoms with Crippen molar-refractivity contribution in [3.63, 3.8) is 0 Å². The molecule has 2 saturated heterocycles. The number of nitrogens with zero attached hydrogens (tertiary/aromatic N) is 1. The Balaban J connectivity index is 1.75. The molecule has 2 amide bonds. The third-order valence-electron chi connectivity index (χ3n) is 4.58. The topological polar surface area (TPSA) is 95.9 Å². The van der Waals surface area contributed by atoms with Crippen LogP contribution in [-0.4, -0.2) is 59.6 Å². The number of amides is 2. The number of unbranched alkanes of at least 4 members (excludes halogenated alkanes) is 1. The molecule has 2 fully saturated rings. The number of rotatable bonds is 6. The maximum Gasteiger partial charge on any atom is 0.332 e. The summed E-state index contributed by atoms with van der Waals surface area (Å²) in [5.41, 5.74) is 0. The van der Waals surface area contributed by atoms with E-state index in [0.717, 1.165) is 12.8 Å². The number of hydrogen-bond donors (Lipinski definition) is 2. The highest BCUT2D eigenvalue weighted by Gasteiger charge is 2.38. The van der Waals surface area contributed by atoms with Gasteiger partial charge in [0.1, 0.15) is 6.10 Å². The quantitative estimate of drug-likeness (QED) is 0.703. The van der Waals surface area contributed by atoms with Gasteiger partial charge >= 0.3 is 5.97 Å². The van der Waals surface area contributed by atoms with Crippen LogP contribution in [0.15, 0.2) is 0 Å². The van der Waals surface area contributed by atoms with E-state index in [0.29, 0.717) is 45.3 Å². The number of nitrogens with one attached hydrogen (secondary N) is 1. The Morgan fingerprint density at radius 1 is 1.13 bits per heavy atom. The van der Waals surface area contributed by atoms with E-state index in [2.05, 4.69) is 12.2 Å². The Morgan fingerprint density at radius 3 is 2.35 bits per heavy atom. The molecular formula is C16H26N2O5. The molecule has 0 bridgehead atoms.